The number of amides is 1. The number of hydrogen-bond donors (Lipinski definition) is 0. The summed E-state index contributed by atoms with van der Waals surface area (Å²) in [6.45, 7) is 8.27. The van der Waals surface area contributed by atoms with Gasteiger partial charge in [0, 0.05) is 23.1 Å². The molecule has 1 saturated heterocycles. The largest absolute Gasteiger partial charge is 0.338 e. The summed E-state index contributed by atoms with van der Waals surface area (Å²) in [5.74, 6) is 1.49. The summed E-state index contributed by atoms with van der Waals surface area (Å²) in [6.07, 6.45) is 1.11. The van der Waals surface area contributed by atoms with Gasteiger partial charge in [-0.25, -0.2) is 0 Å². The zero-order valence-electron chi connectivity index (χ0n) is 11.2. The maximum atomic E-state index is 12.5. The van der Waals surface area contributed by atoms with E-state index in [9.17, 15) is 4.79 Å². The minimum atomic E-state index is 0.174. The Morgan fingerprint density at radius 1 is 1.33 bits per heavy atom. The van der Waals surface area contributed by atoms with Crippen molar-refractivity contribution in [2.75, 3.05) is 13.1 Å². The Hall–Kier alpha value is -0.830. The second kappa shape index (κ2) is 5.43. The molecule has 0 N–H and O–H groups in total. The predicted octanol–water partition coefficient (Wildman–Crippen LogP) is 3.88. The van der Waals surface area contributed by atoms with Gasteiger partial charge in [-0.15, -0.1) is 0 Å². The summed E-state index contributed by atoms with van der Waals surface area (Å²) < 4.78 is 1.01. The number of halogens is 1. The molecular weight excluding hydrogens is 290 g/mol. The van der Waals surface area contributed by atoms with Crippen LogP contribution in [0, 0.1) is 18.8 Å². The number of carbonyl (C=O) groups excluding carboxylic acids is 1. The van der Waals surface area contributed by atoms with Gasteiger partial charge < -0.3 is 4.90 Å². The number of likely N-dealkylation sites (tertiary alicyclic amines) is 1. The molecule has 0 bridgehead atoms. The molecule has 0 aromatic heterocycles. The van der Waals surface area contributed by atoms with Crippen LogP contribution in [0.5, 0.6) is 0 Å². The lowest BCUT2D eigenvalue weighted by molar-refractivity contribution is 0.0626. The van der Waals surface area contributed by atoms with Crippen LogP contribution in [0.4, 0.5) is 0 Å². The van der Waals surface area contributed by atoms with E-state index in [1.54, 1.807) is 0 Å². The van der Waals surface area contributed by atoms with E-state index in [4.69, 9.17) is 0 Å². The molecular formula is C15H20BrNO. The Labute approximate surface area is 117 Å². The first kappa shape index (κ1) is 13.6. The Bertz CT molecular complexity index is 458. The monoisotopic (exact) mass is 309 g/mol. The molecule has 2 unspecified atom stereocenters. The number of nitrogens with zero attached hydrogens (tertiary/aromatic N) is 1. The van der Waals surface area contributed by atoms with Crippen LogP contribution in [-0.2, 0) is 0 Å². The van der Waals surface area contributed by atoms with Gasteiger partial charge in [-0.1, -0.05) is 35.8 Å². The van der Waals surface area contributed by atoms with E-state index in [2.05, 4.69) is 29.8 Å². The molecule has 1 fully saturated rings. The van der Waals surface area contributed by atoms with Crippen molar-refractivity contribution in [1.29, 1.82) is 0 Å². The van der Waals surface area contributed by atoms with Crippen molar-refractivity contribution in [3.63, 3.8) is 0 Å². The van der Waals surface area contributed by atoms with Gasteiger partial charge in [0.1, 0.15) is 0 Å². The highest BCUT2D eigenvalue weighted by molar-refractivity contribution is 9.10. The lowest BCUT2D eigenvalue weighted by atomic mass is 9.88. The zero-order valence-corrected chi connectivity index (χ0v) is 12.8. The molecule has 0 aliphatic carbocycles. The maximum absolute atomic E-state index is 12.5. The molecule has 1 aliphatic heterocycles. The van der Waals surface area contributed by atoms with Gasteiger partial charge in [0.05, 0.1) is 0 Å². The van der Waals surface area contributed by atoms with Crippen LogP contribution in [0.15, 0.2) is 22.7 Å². The molecule has 0 radical (unpaired) electrons. The smallest absolute Gasteiger partial charge is 0.254 e. The third kappa shape index (κ3) is 2.61. The molecule has 98 valence electrons. The average molecular weight is 310 g/mol. The molecule has 1 aliphatic rings. The molecule has 1 amide bonds. The van der Waals surface area contributed by atoms with Crippen LogP contribution in [0.2, 0.25) is 0 Å². The van der Waals surface area contributed by atoms with E-state index in [0.717, 1.165) is 41.0 Å². The fourth-order valence-electron chi connectivity index (χ4n) is 2.46. The molecule has 2 nitrogen and oxygen atoms in total. The van der Waals surface area contributed by atoms with Crippen molar-refractivity contribution in [2.24, 2.45) is 11.8 Å². The van der Waals surface area contributed by atoms with Crippen molar-refractivity contribution in [3.8, 4) is 0 Å². The highest BCUT2D eigenvalue weighted by Gasteiger charge is 2.27. The highest BCUT2D eigenvalue weighted by atomic mass is 79.9. The highest BCUT2D eigenvalue weighted by Crippen LogP contribution is 2.26. The van der Waals surface area contributed by atoms with Crippen LogP contribution < -0.4 is 0 Å². The van der Waals surface area contributed by atoms with Crippen molar-refractivity contribution >= 4 is 21.8 Å². The molecule has 0 saturated carbocycles. The molecule has 1 aromatic carbocycles. The van der Waals surface area contributed by atoms with Crippen LogP contribution in [0.1, 0.15) is 36.2 Å². The molecule has 2 atom stereocenters. The molecule has 3 heteroatoms. The van der Waals surface area contributed by atoms with Crippen LogP contribution in [-0.4, -0.2) is 23.9 Å². The lowest BCUT2D eigenvalue weighted by Crippen LogP contribution is -2.42. The molecule has 2 rings (SSSR count). The first-order valence-corrected chi connectivity index (χ1v) is 7.34. The number of rotatable bonds is 1. The fourth-order valence-corrected chi connectivity index (χ4v) is 2.82. The second-order valence-corrected chi connectivity index (χ2v) is 6.26. The van der Waals surface area contributed by atoms with Crippen LogP contribution in [0.25, 0.3) is 0 Å². The van der Waals surface area contributed by atoms with Crippen LogP contribution >= 0.6 is 15.9 Å². The van der Waals surface area contributed by atoms with E-state index in [0.29, 0.717) is 5.92 Å². The van der Waals surface area contributed by atoms with Crippen molar-refractivity contribution in [1.82, 2.24) is 4.90 Å². The summed E-state index contributed by atoms with van der Waals surface area (Å²) in [7, 11) is 0. The number of benzene rings is 1. The lowest BCUT2D eigenvalue weighted by Gasteiger charge is -2.35. The minimum Gasteiger partial charge on any atom is -0.338 e. The summed E-state index contributed by atoms with van der Waals surface area (Å²) in [5, 5.41) is 0. The molecule has 0 spiro atoms. The van der Waals surface area contributed by atoms with Crippen molar-refractivity contribution in [2.45, 2.75) is 27.2 Å². The summed E-state index contributed by atoms with van der Waals surface area (Å²) in [4.78, 5) is 14.5. The molecule has 18 heavy (non-hydrogen) atoms. The third-order valence-corrected chi connectivity index (χ3v) is 4.98. The standard InChI is InChI=1S/C15H20BrNO/c1-10-7-8-17(9-11(10)2)15(18)13-5-4-6-14(16)12(13)3/h4-6,10-11H,7-9H2,1-3H3. The van der Waals surface area contributed by atoms with Gasteiger partial charge in [0.25, 0.3) is 5.91 Å². The van der Waals surface area contributed by atoms with E-state index >= 15 is 0 Å². The van der Waals surface area contributed by atoms with Gasteiger partial charge in [-0.05, 0) is 42.9 Å². The van der Waals surface area contributed by atoms with Crippen molar-refractivity contribution in [3.05, 3.63) is 33.8 Å². The van der Waals surface area contributed by atoms with E-state index in [1.807, 2.05) is 30.0 Å². The minimum absolute atomic E-state index is 0.174. The Balaban J connectivity index is 2.19. The van der Waals surface area contributed by atoms with Gasteiger partial charge in [0.15, 0.2) is 0 Å². The summed E-state index contributed by atoms with van der Waals surface area (Å²) >= 11 is 3.49. The summed E-state index contributed by atoms with van der Waals surface area (Å²) in [6, 6.07) is 5.83. The fraction of sp³-hybridized carbons (Fsp3) is 0.533. The number of hydrogen-bond acceptors (Lipinski definition) is 1. The SMILES string of the molecule is Cc1c(Br)cccc1C(=O)N1CCC(C)C(C)C1. The van der Waals surface area contributed by atoms with E-state index in [1.165, 1.54) is 0 Å². The van der Waals surface area contributed by atoms with Gasteiger partial charge >= 0.3 is 0 Å². The number of carbonyl (C=O) groups is 1. The summed E-state index contributed by atoms with van der Waals surface area (Å²) in [5.41, 5.74) is 1.86. The topological polar surface area (TPSA) is 20.3 Å². The quantitative estimate of drug-likeness (QED) is 0.771. The number of piperidine rings is 1. The second-order valence-electron chi connectivity index (χ2n) is 5.41. The first-order valence-electron chi connectivity index (χ1n) is 6.55. The Kier molecular flexibility index (Phi) is 4.10. The van der Waals surface area contributed by atoms with E-state index in [-0.39, 0.29) is 5.91 Å². The van der Waals surface area contributed by atoms with Gasteiger partial charge in [-0.2, -0.15) is 0 Å². The first-order chi connectivity index (χ1) is 8.50. The molecule has 1 heterocycles. The predicted molar refractivity (Wildman–Crippen MR) is 77.7 cm³/mol. The third-order valence-electron chi connectivity index (χ3n) is 4.12. The van der Waals surface area contributed by atoms with Crippen LogP contribution in [0.3, 0.4) is 0 Å². The normalized spacial score (nSPS) is 24.1. The average Bonchev–Trinajstić information content (AvgIpc) is 2.35. The van der Waals surface area contributed by atoms with E-state index < -0.39 is 0 Å². The molecule has 1 aromatic rings. The van der Waals surface area contributed by atoms with Crippen molar-refractivity contribution < 1.29 is 4.79 Å². The van der Waals surface area contributed by atoms with Gasteiger partial charge in [-0.3, -0.25) is 4.79 Å². The Morgan fingerprint density at radius 3 is 2.72 bits per heavy atom. The maximum Gasteiger partial charge on any atom is 0.254 e. The zero-order chi connectivity index (χ0) is 13.3. The Morgan fingerprint density at radius 2 is 2.06 bits per heavy atom. The van der Waals surface area contributed by atoms with Gasteiger partial charge in [0.2, 0.25) is 0 Å².